The lowest BCUT2D eigenvalue weighted by Gasteiger charge is -2.31. The SMILES string of the molecule is CCCCC/C(=C\C(=O)O[C@@H](C(=O)O)[C@H](CNCC)c1cc(O)c(O)c(O)c1)c1cc(O)c(O)c2c1C=C(c1cc(O)c(O)c3c1-c1cccc(O)c1CCC3)C[C@@H]2CCCNC. The molecule has 3 atom stereocenters. The van der Waals surface area contributed by atoms with Gasteiger partial charge in [0, 0.05) is 35.2 Å². The minimum Gasteiger partial charge on any atom is -0.508 e. The molecule has 63 heavy (non-hydrogen) atoms. The zero-order valence-corrected chi connectivity index (χ0v) is 35.9. The zero-order chi connectivity index (χ0) is 45.5. The lowest BCUT2D eigenvalue weighted by atomic mass is 9.74. The molecular weight excluding hydrogens is 809 g/mol. The second-order valence-electron chi connectivity index (χ2n) is 16.4. The Morgan fingerprint density at radius 2 is 1.52 bits per heavy atom. The molecule has 11 N–H and O–H groups in total. The number of phenols is 8. The lowest BCUT2D eigenvalue weighted by Crippen LogP contribution is -2.38. The number of rotatable bonds is 18. The summed E-state index contributed by atoms with van der Waals surface area (Å²) in [5.74, 6) is -7.30. The van der Waals surface area contributed by atoms with Crippen molar-refractivity contribution in [2.45, 2.75) is 96.0 Å². The van der Waals surface area contributed by atoms with Crippen LogP contribution in [0.3, 0.4) is 0 Å². The highest BCUT2D eigenvalue weighted by atomic mass is 16.6. The van der Waals surface area contributed by atoms with Gasteiger partial charge in [-0.25, -0.2) is 9.59 Å². The maximum absolute atomic E-state index is 14.1. The van der Waals surface area contributed by atoms with E-state index >= 15 is 0 Å². The van der Waals surface area contributed by atoms with Crippen LogP contribution in [0.15, 0.2) is 48.5 Å². The largest absolute Gasteiger partial charge is 0.508 e. The second kappa shape index (κ2) is 20.2. The quantitative estimate of drug-likeness (QED) is 0.0197. The Hall–Kier alpha value is -6.38. The van der Waals surface area contributed by atoms with Gasteiger partial charge in [0.15, 0.2) is 40.2 Å². The minimum atomic E-state index is -1.82. The van der Waals surface area contributed by atoms with E-state index in [2.05, 4.69) is 10.6 Å². The van der Waals surface area contributed by atoms with Gasteiger partial charge in [-0.2, -0.15) is 0 Å². The predicted octanol–water partition coefficient (Wildman–Crippen LogP) is 7.87. The lowest BCUT2D eigenvalue weighted by molar-refractivity contribution is -0.162. The number of likely N-dealkylation sites (N-methyl/N-ethyl adjacent to an activating group) is 1. The highest BCUT2D eigenvalue weighted by molar-refractivity contribution is 6.00. The van der Waals surface area contributed by atoms with Gasteiger partial charge >= 0.3 is 11.9 Å². The molecule has 14 nitrogen and oxygen atoms in total. The normalized spacial score (nSPS) is 15.6. The summed E-state index contributed by atoms with van der Waals surface area (Å²) in [6.07, 6.45) is 6.97. The summed E-state index contributed by atoms with van der Waals surface area (Å²) in [7, 11) is 1.84. The fourth-order valence-electron chi connectivity index (χ4n) is 9.11. The molecule has 0 aliphatic heterocycles. The molecular formula is C49H58N2O12. The van der Waals surface area contributed by atoms with Gasteiger partial charge < -0.3 is 61.3 Å². The first-order chi connectivity index (χ1) is 30.2. The van der Waals surface area contributed by atoms with Crippen molar-refractivity contribution >= 4 is 29.2 Å². The third-order valence-electron chi connectivity index (χ3n) is 12.2. The summed E-state index contributed by atoms with van der Waals surface area (Å²) in [5.41, 5.74) is 5.91. The molecule has 14 heteroatoms. The number of carboxylic acids is 1. The Balaban J connectivity index is 1.54. The van der Waals surface area contributed by atoms with Crippen molar-refractivity contribution in [1.29, 1.82) is 0 Å². The van der Waals surface area contributed by atoms with Crippen LogP contribution >= 0.6 is 0 Å². The van der Waals surface area contributed by atoms with Gasteiger partial charge in [0.2, 0.25) is 6.10 Å². The summed E-state index contributed by atoms with van der Waals surface area (Å²) in [5, 5.41) is 104. The van der Waals surface area contributed by atoms with E-state index in [4.69, 9.17) is 4.74 Å². The minimum absolute atomic E-state index is 0.0417. The van der Waals surface area contributed by atoms with Gasteiger partial charge in [-0.15, -0.1) is 0 Å². The van der Waals surface area contributed by atoms with Crippen LogP contribution in [-0.2, 0) is 27.2 Å². The van der Waals surface area contributed by atoms with Crippen LogP contribution in [0.2, 0.25) is 0 Å². The van der Waals surface area contributed by atoms with Crippen molar-refractivity contribution in [3.63, 3.8) is 0 Å². The van der Waals surface area contributed by atoms with Crippen LogP contribution < -0.4 is 10.6 Å². The van der Waals surface area contributed by atoms with Gasteiger partial charge in [0.25, 0.3) is 0 Å². The van der Waals surface area contributed by atoms with Crippen LogP contribution in [0.5, 0.6) is 46.0 Å². The fourth-order valence-corrected chi connectivity index (χ4v) is 9.11. The summed E-state index contributed by atoms with van der Waals surface area (Å²) < 4.78 is 5.72. The van der Waals surface area contributed by atoms with Crippen molar-refractivity contribution in [1.82, 2.24) is 10.6 Å². The van der Waals surface area contributed by atoms with Crippen LogP contribution in [0.4, 0.5) is 0 Å². The number of aliphatic carboxylic acids is 1. The van der Waals surface area contributed by atoms with Gasteiger partial charge in [-0.05, 0) is 152 Å². The highest BCUT2D eigenvalue weighted by Crippen LogP contribution is 2.54. The first kappa shape index (κ1) is 46.1. The topological polar surface area (TPSA) is 249 Å². The monoisotopic (exact) mass is 866 g/mol. The van der Waals surface area contributed by atoms with Gasteiger partial charge in [0.1, 0.15) is 5.75 Å². The number of aromatic hydroxyl groups is 8. The number of carboxylic acid groups (broad SMARTS) is 1. The van der Waals surface area contributed by atoms with Gasteiger partial charge in [0.05, 0.1) is 0 Å². The van der Waals surface area contributed by atoms with Crippen LogP contribution in [0.1, 0.15) is 116 Å². The first-order valence-corrected chi connectivity index (χ1v) is 21.6. The maximum Gasteiger partial charge on any atom is 0.345 e. The number of hydrogen-bond donors (Lipinski definition) is 11. The molecule has 0 heterocycles. The summed E-state index contributed by atoms with van der Waals surface area (Å²) in [6.45, 7) is 4.84. The number of ether oxygens (including phenoxy) is 1. The van der Waals surface area contributed by atoms with Crippen molar-refractivity contribution in [3.05, 3.63) is 87.5 Å². The van der Waals surface area contributed by atoms with E-state index in [1.807, 2.05) is 26.1 Å². The summed E-state index contributed by atoms with van der Waals surface area (Å²) >= 11 is 0. The van der Waals surface area contributed by atoms with Crippen LogP contribution in [0.25, 0.3) is 28.3 Å². The molecule has 0 amide bonds. The number of carbonyl (C=O) groups excluding carboxylic acids is 1. The number of esters is 1. The van der Waals surface area contributed by atoms with Crippen LogP contribution in [0, 0.1) is 0 Å². The van der Waals surface area contributed by atoms with E-state index in [-0.39, 0.29) is 41.0 Å². The average molecular weight is 867 g/mol. The average Bonchev–Trinajstić information content (AvgIpc) is 3.45. The number of allylic oxidation sites excluding steroid dienone is 2. The summed E-state index contributed by atoms with van der Waals surface area (Å²) in [4.78, 5) is 26.9. The Kier molecular flexibility index (Phi) is 14.8. The number of benzene rings is 4. The van der Waals surface area contributed by atoms with Crippen LogP contribution in [-0.4, -0.2) is 90.7 Å². The number of unbranched alkanes of at least 4 members (excludes halogenated alkanes) is 2. The van der Waals surface area contributed by atoms with Crippen molar-refractivity contribution in [2.24, 2.45) is 0 Å². The molecule has 0 unspecified atom stereocenters. The molecule has 2 aliphatic carbocycles. The Morgan fingerprint density at radius 3 is 2.21 bits per heavy atom. The number of carbonyl (C=O) groups is 2. The van der Waals surface area contributed by atoms with E-state index in [1.54, 1.807) is 19.1 Å². The third-order valence-corrected chi connectivity index (χ3v) is 12.2. The third kappa shape index (κ3) is 9.82. The van der Waals surface area contributed by atoms with E-state index in [1.165, 1.54) is 18.2 Å². The highest BCUT2D eigenvalue weighted by Gasteiger charge is 2.36. The standard InChI is InChI=1S/C49H58N2O12/c1-4-6-7-11-26(22-42(57)63-48(49(61)62)36(25-51-5-2)29-20-38(53)46(59)39(54)21-29)33-23-41(56)47(60)43-27(12-10-17-50-3)18-28(19-35(33)43)34-24-40(55)45(58)32-15-8-13-30-31(44(32)34)14-9-16-37(30)52/h9,14,16,19-24,27,36,48,50-56,58-60H,4-8,10-13,15,17-18,25H2,1-3H3,(H,61,62)/b26-22+/t27-,36+,48+/m0/s1. The molecule has 4 aromatic rings. The molecule has 336 valence electrons. The number of nitrogens with one attached hydrogen (secondary N) is 2. The molecule has 0 radical (unpaired) electrons. The summed E-state index contributed by atoms with van der Waals surface area (Å²) in [6, 6.07) is 10.4. The molecule has 0 aromatic heterocycles. The van der Waals surface area contributed by atoms with E-state index in [0.717, 1.165) is 41.7 Å². The molecule has 6 rings (SSSR count). The van der Waals surface area contributed by atoms with E-state index in [9.17, 15) is 55.5 Å². The number of fused-ring (bicyclic) bond motifs is 4. The van der Waals surface area contributed by atoms with Crippen molar-refractivity contribution in [2.75, 3.05) is 26.7 Å². The van der Waals surface area contributed by atoms with Gasteiger partial charge in [-0.1, -0.05) is 44.9 Å². The van der Waals surface area contributed by atoms with E-state index < -0.39 is 47.0 Å². The molecule has 4 aromatic carbocycles. The molecule has 0 spiro atoms. The first-order valence-electron chi connectivity index (χ1n) is 21.6. The zero-order valence-electron chi connectivity index (χ0n) is 35.9. The molecule has 0 saturated carbocycles. The van der Waals surface area contributed by atoms with Gasteiger partial charge in [-0.3, -0.25) is 0 Å². The predicted molar refractivity (Wildman–Crippen MR) is 239 cm³/mol. The van der Waals surface area contributed by atoms with E-state index in [0.29, 0.717) is 103 Å². The second-order valence-corrected chi connectivity index (χ2v) is 16.4. The van der Waals surface area contributed by atoms with Crippen molar-refractivity contribution < 1.29 is 60.3 Å². The number of hydrogen-bond acceptors (Lipinski definition) is 13. The Bertz CT molecular complexity index is 2400. The Labute approximate surface area is 366 Å². The smallest absolute Gasteiger partial charge is 0.345 e. The molecule has 2 aliphatic rings. The number of phenolic OH excluding ortho intramolecular Hbond substituents is 8. The Morgan fingerprint density at radius 1 is 0.825 bits per heavy atom. The molecule has 0 saturated heterocycles. The maximum atomic E-state index is 14.1. The van der Waals surface area contributed by atoms with Crippen molar-refractivity contribution in [3.8, 4) is 57.1 Å². The molecule has 0 fully saturated rings. The molecule has 0 bridgehead atoms. The fraction of sp³-hybridized carbons (Fsp3) is 0.388.